The Kier molecular flexibility index (Phi) is 2.61. The second kappa shape index (κ2) is 3.38. The molecule has 3 nitrogen and oxygen atoms in total. The van der Waals surface area contributed by atoms with Gasteiger partial charge in [0.1, 0.15) is 0 Å². The van der Waals surface area contributed by atoms with Crippen LogP contribution in [-0.2, 0) is 9.84 Å². The average Bonchev–Trinajstić information content (AvgIpc) is 2.04. The van der Waals surface area contributed by atoms with Gasteiger partial charge in [0.05, 0.1) is 10.1 Å². The van der Waals surface area contributed by atoms with Crippen LogP contribution in [0.5, 0.6) is 0 Å². The van der Waals surface area contributed by atoms with E-state index in [1.54, 1.807) is 32.0 Å². The first kappa shape index (κ1) is 10.1. The van der Waals surface area contributed by atoms with E-state index in [0.717, 1.165) is 0 Å². The molecule has 0 atom stereocenters. The Labute approximate surface area is 78.5 Å². The molecular formula is C9H13NO2S. The summed E-state index contributed by atoms with van der Waals surface area (Å²) < 4.78 is 23.3. The van der Waals surface area contributed by atoms with Crippen LogP contribution in [0.25, 0.3) is 0 Å². The Balaban J connectivity index is 3.24. The van der Waals surface area contributed by atoms with E-state index < -0.39 is 15.1 Å². The third-order valence-corrected chi connectivity index (χ3v) is 3.96. The zero-order valence-electron chi connectivity index (χ0n) is 7.69. The van der Waals surface area contributed by atoms with Gasteiger partial charge in [0.25, 0.3) is 0 Å². The molecule has 0 heterocycles. The summed E-state index contributed by atoms with van der Waals surface area (Å²) in [6.45, 7) is 3.30. The summed E-state index contributed by atoms with van der Waals surface area (Å²) in [5.41, 5.74) is 5.96. The third kappa shape index (κ3) is 2.01. The van der Waals surface area contributed by atoms with Crippen LogP contribution in [0.15, 0.2) is 29.2 Å². The van der Waals surface area contributed by atoms with Gasteiger partial charge in [0.2, 0.25) is 0 Å². The van der Waals surface area contributed by atoms with Crippen molar-refractivity contribution in [3.05, 3.63) is 24.3 Å². The Bertz CT molecular complexity index is 396. The van der Waals surface area contributed by atoms with Gasteiger partial charge in [-0.15, -0.1) is 0 Å². The average molecular weight is 199 g/mol. The second-order valence-corrected chi connectivity index (χ2v) is 5.67. The lowest BCUT2D eigenvalue weighted by Crippen LogP contribution is -2.13. The van der Waals surface area contributed by atoms with Crippen LogP contribution in [0.2, 0.25) is 0 Å². The minimum Gasteiger partial charge on any atom is -0.399 e. The summed E-state index contributed by atoms with van der Waals surface area (Å²) in [7, 11) is -3.18. The number of rotatable bonds is 2. The minimum absolute atomic E-state index is 0.294. The lowest BCUT2D eigenvalue weighted by Gasteiger charge is -2.07. The lowest BCUT2D eigenvalue weighted by molar-refractivity contribution is 0.587. The molecule has 0 radical (unpaired) electrons. The van der Waals surface area contributed by atoms with E-state index in [0.29, 0.717) is 10.6 Å². The number of hydrogen-bond acceptors (Lipinski definition) is 3. The number of hydrogen-bond donors (Lipinski definition) is 1. The highest BCUT2D eigenvalue weighted by Gasteiger charge is 2.18. The Morgan fingerprint density at radius 3 is 2.38 bits per heavy atom. The SMILES string of the molecule is CC(C)S(=O)(=O)c1cccc(N)c1. The molecule has 1 rings (SSSR count). The highest BCUT2D eigenvalue weighted by Crippen LogP contribution is 2.17. The van der Waals surface area contributed by atoms with Crippen LogP contribution in [0.4, 0.5) is 5.69 Å². The quantitative estimate of drug-likeness (QED) is 0.733. The number of anilines is 1. The second-order valence-electron chi connectivity index (χ2n) is 3.17. The highest BCUT2D eigenvalue weighted by atomic mass is 32.2. The summed E-state index contributed by atoms with van der Waals surface area (Å²) in [6, 6.07) is 6.35. The molecule has 0 saturated heterocycles. The molecule has 0 spiro atoms. The van der Waals surface area contributed by atoms with E-state index in [2.05, 4.69) is 0 Å². The number of benzene rings is 1. The number of sulfone groups is 1. The number of nitrogens with two attached hydrogens (primary N) is 1. The van der Waals surface area contributed by atoms with Crippen molar-refractivity contribution in [2.24, 2.45) is 0 Å². The van der Waals surface area contributed by atoms with Gasteiger partial charge in [-0.1, -0.05) is 6.07 Å². The first-order chi connectivity index (χ1) is 5.94. The van der Waals surface area contributed by atoms with Crippen LogP contribution in [-0.4, -0.2) is 13.7 Å². The molecule has 0 aliphatic carbocycles. The molecule has 13 heavy (non-hydrogen) atoms. The first-order valence-electron chi connectivity index (χ1n) is 4.04. The predicted octanol–water partition coefficient (Wildman–Crippen LogP) is 1.45. The van der Waals surface area contributed by atoms with Crippen LogP contribution < -0.4 is 5.73 Å². The van der Waals surface area contributed by atoms with Gasteiger partial charge < -0.3 is 5.73 Å². The van der Waals surface area contributed by atoms with Gasteiger partial charge in [-0.25, -0.2) is 8.42 Å². The molecule has 1 aromatic carbocycles. The van der Waals surface area contributed by atoms with Gasteiger partial charge in [-0.2, -0.15) is 0 Å². The molecule has 0 unspecified atom stereocenters. The van der Waals surface area contributed by atoms with Crippen LogP contribution in [0.1, 0.15) is 13.8 Å². The van der Waals surface area contributed by atoms with Crippen molar-refractivity contribution in [2.45, 2.75) is 24.0 Å². The summed E-state index contributed by atoms with van der Waals surface area (Å²) >= 11 is 0. The van der Waals surface area contributed by atoms with E-state index in [1.165, 1.54) is 6.07 Å². The Hall–Kier alpha value is -1.03. The molecule has 4 heteroatoms. The highest BCUT2D eigenvalue weighted by molar-refractivity contribution is 7.92. The molecule has 0 aliphatic rings. The molecule has 0 amide bonds. The molecular weight excluding hydrogens is 186 g/mol. The summed E-state index contributed by atoms with van der Waals surface area (Å²) in [5, 5.41) is -0.408. The monoisotopic (exact) mass is 199 g/mol. The molecule has 0 fully saturated rings. The predicted molar refractivity (Wildman–Crippen MR) is 53.2 cm³/mol. The standard InChI is InChI=1S/C9H13NO2S/c1-7(2)13(11,12)9-5-3-4-8(10)6-9/h3-7H,10H2,1-2H3. The van der Waals surface area contributed by atoms with E-state index in [9.17, 15) is 8.42 Å². The lowest BCUT2D eigenvalue weighted by atomic mass is 10.3. The molecule has 0 bridgehead atoms. The maximum atomic E-state index is 11.6. The molecule has 0 aromatic heterocycles. The Morgan fingerprint density at radius 1 is 1.31 bits per heavy atom. The van der Waals surface area contributed by atoms with Crippen molar-refractivity contribution in [1.29, 1.82) is 0 Å². The fourth-order valence-corrected chi connectivity index (χ4v) is 2.08. The fourth-order valence-electron chi connectivity index (χ4n) is 0.964. The molecule has 0 aliphatic heterocycles. The van der Waals surface area contributed by atoms with Crippen molar-refractivity contribution in [1.82, 2.24) is 0 Å². The maximum Gasteiger partial charge on any atom is 0.180 e. The normalized spacial score (nSPS) is 11.9. The van der Waals surface area contributed by atoms with E-state index in [4.69, 9.17) is 5.73 Å². The van der Waals surface area contributed by atoms with Gasteiger partial charge in [-0.05, 0) is 32.0 Å². The molecule has 72 valence electrons. The van der Waals surface area contributed by atoms with Crippen molar-refractivity contribution >= 4 is 15.5 Å². The van der Waals surface area contributed by atoms with E-state index >= 15 is 0 Å². The zero-order chi connectivity index (χ0) is 10.1. The molecule has 1 aromatic rings. The van der Waals surface area contributed by atoms with Crippen molar-refractivity contribution in [3.63, 3.8) is 0 Å². The smallest absolute Gasteiger partial charge is 0.180 e. The number of nitrogen functional groups attached to an aromatic ring is 1. The summed E-state index contributed by atoms with van der Waals surface area (Å²) in [4.78, 5) is 0.294. The topological polar surface area (TPSA) is 60.2 Å². The van der Waals surface area contributed by atoms with Gasteiger partial charge in [0.15, 0.2) is 9.84 Å². The summed E-state index contributed by atoms with van der Waals surface area (Å²) in [6.07, 6.45) is 0. The van der Waals surface area contributed by atoms with E-state index in [-0.39, 0.29) is 0 Å². The fraction of sp³-hybridized carbons (Fsp3) is 0.333. The van der Waals surface area contributed by atoms with Crippen molar-refractivity contribution in [2.75, 3.05) is 5.73 Å². The van der Waals surface area contributed by atoms with Crippen LogP contribution >= 0.6 is 0 Å². The molecule has 0 saturated carbocycles. The first-order valence-corrected chi connectivity index (χ1v) is 5.58. The minimum atomic E-state index is -3.18. The Morgan fingerprint density at radius 2 is 1.92 bits per heavy atom. The zero-order valence-corrected chi connectivity index (χ0v) is 8.51. The van der Waals surface area contributed by atoms with E-state index in [1.807, 2.05) is 0 Å². The maximum absolute atomic E-state index is 11.6. The van der Waals surface area contributed by atoms with Gasteiger partial charge in [0, 0.05) is 5.69 Å². The van der Waals surface area contributed by atoms with Crippen LogP contribution in [0, 0.1) is 0 Å². The van der Waals surface area contributed by atoms with Crippen LogP contribution in [0.3, 0.4) is 0 Å². The largest absolute Gasteiger partial charge is 0.399 e. The van der Waals surface area contributed by atoms with Gasteiger partial charge >= 0.3 is 0 Å². The summed E-state index contributed by atoms with van der Waals surface area (Å²) in [5.74, 6) is 0. The third-order valence-electron chi connectivity index (χ3n) is 1.81. The van der Waals surface area contributed by atoms with Crippen molar-refractivity contribution < 1.29 is 8.42 Å². The van der Waals surface area contributed by atoms with Gasteiger partial charge in [-0.3, -0.25) is 0 Å². The van der Waals surface area contributed by atoms with Crippen molar-refractivity contribution in [3.8, 4) is 0 Å². The molecule has 2 N–H and O–H groups in total.